The summed E-state index contributed by atoms with van der Waals surface area (Å²) < 4.78 is 5.16. The third-order valence-electron chi connectivity index (χ3n) is 3.82. The van der Waals surface area contributed by atoms with Crippen LogP contribution in [0.5, 0.6) is 11.5 Å². The first-order chi connectivity index (χ1) is 12.6. The van der Waals surface area contributed by atoms with Crippen molar-refractivity contribution in [1.82, 2.24) is 4.90 Å². The van der Waals surface area contributed by atoms with Gasteiger partial charge in [-0.1, -0.05) is 19.1 Å². The van der Waals surface area contributed by atoms with Gasteiger partial charge in [0.25, 0.3) is 5.91 Å². The van der Waals surface area contributed by atoms with E-state index in [1.165, 1.54) is 11.8 Å². The Morgan fingerprint density at radius 3 is 2.46 bits per heavy atom. The Bertz CT molecular complexity index is 842. The summed E-state index contributed by atoms with van der Waals surface area (Å²) in [5, 5.41) is 10.1. The van der Waals surface area contributed by atoms with Gasteiger partial charge in [-0.05, 0) is 66.2 Å². The lowest BCUT2D eigenvalue weighted by Gasteiger charge is -2.14. The van der Waals surface area contributed by atoms with E-state index in [0.29, 0.717) is 16.6 Å². The van der Waals surface area contributed by atoms with E-state index >= 15 is 0 Å². The summed E-state index contributed by atoms with van der Waals surface area (Å²) in [7, 11) is 1.62. The highest BCUT2D eigenvalue weighted by Crippen LogP contribution is 2.34. The second-order valence-electron chi connectivity index (χ2n) is 5.75. The lowest BCUT2D eigenvalue weighted by atomic mass is 10.2. The van der Waals surface area contributed by atoms with Crippen molar-refractivity contribution in [2.45, 2.75) is 13.3 Å². The molecule has 0 aromatic heterocycles. The normalized spacial score (nSPS) is 17.3. The number of thioether (sulfide) groups is 1. The minimum Gasteiger partial charge on any atom is -0.508 e. The zero-order valence-corrected chi connectivity index (χ0v) is 15.5. The molecule has 26 heavy (non-hydrogen) atoms. The van der Waals surface area contributed by atoms with Gasteiger partial charge in [0.1, 0.15) is 11.5 Å². The van der Waals surface area contributed by atoms with Crippen molar-refractivity contribution in [2.24, 2.45) is 4.99 Å². The van der Waals surface area contributed by atoms with Gasteiger partial charge in [0.05, 0.1) is 17.7 Å². The molecular weight excluding hydrogens is 348 g/mol. The summed E-state index contributed by atoms with van der Waals surface area (Å²) in [6.45, 7) is 2.65. The van der Waals surface area contributed by atoms with Crippen LogP contribution < -0.4 is 4.74 Å². The molecule has 1 heterocycles. The predicted molar refractivity (Wildman–Crippen MR) is 106 cm³/mol. The number of benzene rings is 2. The second-order valence-corrected chi connectivity index (χ2v) is 6.76. The second kappa shape index (κ2) is 8.10. The van der Waals surface area contributed by atoms with Gasteiger partial charge in [0.15, 0.2) is 5.17 Å². The van der Waals surface area contributed by atoms with Crippen LogP contribution in [0, 0.1) is 0 Å². The Morgan fingerprint density at radius 2 is 1.85 bits per heavy atom. The maximum atomic E-state index is 12.8. The van der Waals surface area contributed by atoms with E-state index < -0.39 is 0 Å². The highest BCUT2D eigenvalue weighted by Gasteiger charge is 2.32. The van der Waals surface area contributed by atoms with Gasteiger partial charge in [-0.3, -0.25) is 9.69 Å². The number of aromatic hydroxyl groups is 1. The molecule has 134 valence electrons. The van der Waals surface area contributed by atoms with Crippen LogP contribution in [0.2, 0.25) is 0 Å². The van der Waals surface area contributed by atoms with E-state index in [1.54, 1.807) is 36.3 Å². The molecule has 5 nitrogen and oxygen atoms in total. The number of carbonyl (C=O) groups excluding carboxylic acids is 1. The Kier molecular flexibility index (Phi) is 5.63. The van der Waals surface area contributed by atoms with Gasteiger partial charge in [-0.2, -0.15) is 0 Å². The van der Waals surface area contributed by atoms with Gasteiger partial charge in [-0.15, -0.1) is 0 Å². The van der Waals surface area contributed by atoms with Crippen LogP contribution in [-0.2, 0) is 4.79 Å². The van der Waals surface area contributed by atoms with Gasteiger partial charge in [-0.25, -0.2) is 4.99 Å². The maximum absolute atomic E-state index is 12.8. The van der Waals surface area contributed by atoms with Crippen molar-refractivity contribution in [2.75, 3.05) is 13.7 Å². The minimum atomic E-state index is -0.0443. The van der Waals surface area contributed by atoms with Crippen molar-refractivity contribution in [3.05, 3.63) is 59.0 Å². The fraction of sp³-hybridized carbons (Fsp3) is 0.200. The van der Waals surface area contributed by atoms with E-state index in [0.717, 1.165) is 23.4 Å². The summed E-state index contributed by atoms with van der Waals surface area (Å²) in [4.78, 5) is 19.7. The summed E-state index contributed by atoms with van der Waals surface area (Å²) in [5.41, 5.74) is 1.63. The summed E-state index contributed by atoms with van der Waals surface area (Å²) in [6.07, 6.45) is 2.67. The first-order valence-corrected chi connectivity index (χ1v) is 9.15. The van der Waals surface area contributed by atoms with Gasteiger partial charge in [0, 0.05) is 6.54 Å². The first-order valence-electron chi connectivity index (χ1n) is 8.34. The zero-order chi connectivity index (χ0) is 18.5. The molecule has 1 aliphatic heterocycles. The summed E-state index contributed by atoms with van der Waals surface area (Å²) >= 11 is 1.36. The van der Waals surface area contributed by atoms with Crippen LogP contribution in [0.15, 0.2) is 58.4 Å². The standard InChI is InChI=1S/C20H20N2O3S/c1-3-12-22-19(24)18(13-14-4-8-16(23)9-5-14)26-20(22)21-15-6-10-17(25-2)11-7-15/h4-11,13,23H,3,12H2,1-2H3/b18-13-,21-20?. The molecule has 1 aliphatic rings. The van der Waals surface area contributed by atoms with Crippen LogP contribution in [0.1, 0.15) is 18.9 Å². The van der Waals surface area contributed by atoms with Crippen LogP contribution in [0.4, 0.5) is 5.69 Å². The molecule has 0 radical (unpaired) electrons. The molecule has 0 aliphatic carbocycles. The van der Waals surface area contributed by atoms with E-state index in [2.05, 4.69) is 4.99 Å². The van der Waals surface area contributed by atoms with Crippen molar-refractivity contribution >= 4 is 34.6 Å². The van der Waals surface area contributed by atoms with Gasteiger partial charge in [0.2, 0.25) is 0 Å². The number of phenolic OH excluding ortho intramolecular Hbond substituents is 1. The number of carbonyl (C=O) groups is 1. The van der Waals surface area contributed by atoms with Crippen LogP contribution in [-0.4, -0.2) is 34.7 Å². The SMILES string of the molecule is CCCN1C(=O)/C(=C/c2ccc(O)cc2)SC1=Nc1ccc(OC)cc1. The average molecular weight is 368 g/mol. The first kappa shape index (κ1) is 18.1. The number of methoxy groups -OCH3 is 1. The quantitative estimate of drug-likeness (QED) is 0.794. The molecular formula is C20H20N2O3S. The van der Waals surface area contributed by atoms with E-state index in [1.807, 2.05) is 37.3 Å². The van der Waals surface area contributed by atoms with Crippen LogP contribution >= 0.6 is 11.8 Å². The van der Waals surface area contributed by atoms with Gasteiger partial charge < -0.3 is 9.84 Å². The number of aliphatic imine (C=N–C) groups is 1. The molecule has 0 spiro atoms. The molecule has 0 atom stereocenters. The zero-order valence-electron chi connectivity index (χ0n) is 14.7. The fourth-order valence-corrected chi connectivity index (χ4v) is 3.53. The van der Waals surface area contributed by atoms with Crippen molar-refractivity contribution < 1.29 is 14.6 Å². The molecule has 1 saturated heterocycles. The van der Waals surface area contributed by atoms with Crippen LogP contribution in [0.25, 0.3) is 6.08 Å². The predicted octanol–water partition coefficient (Wildman–Crippen LogP) is 4.41. The molecule has 2 aromatic carbocycles. The number of amides is 1. The van der Waals surface area contributed by atoms with Crippen molar-refractivity contribution in [3.63, 3.8) is 0 Å². The highest BCUT2D eigenvalue weighted by atomic mass is 32.2. The minimum absolute atomic E-state index is 0.0443. The highest BCUT2D eigenvalue weighted by molar-refractivity contribution is 8.18. The Hall–Kier alpha value is -2.73. The Morgan fingerprint density at radius 1 is 1.15 bits per heavy atom. The number of nitrogens with zero attached hydrogens (tertiary/aromatic N) is 2. The molecule has 1 amide bonds. The molecule has 6 heteroatoms. The summed E-state index contributed by atoms with van der Waals surface area (Å²) in [6, 6.07) is 14.2. The van der Waals surface area contributed by atoms with Crippen LogP contribution in [0.3, 0.4) is 0 Å². The topological polar surface area (TPSA) is 62.1 Å². The number of amidine groups is 1. The number of phenols is 1. The van der Waals surface area contributed by atoms with Crippen molar-refractivity contribution in [3.8, 4) is 11.5 Å². The lowest BCUT2D eigenvalue weighted by Crippen LogP contribution is -2.29. The smallest absolute Gasteiger partial charge is 0.266 e. The summed E-state index contributed by atoms with van der Waals surface area (Å²) in [5.74, 6) is 0.923. The average Bonchev–Trinajstić information content (AvgIpc) is 2.93. The fourth-order valence-electron chi connectivity index (χ4n) is 2.50. The molecule has 0 unspecified atom stereocenters. The third kappa shape index (κ3) is 4.08. The third-order valence-corrected chi connectivity index (χ3v) is 4.83. The van der Waals surface area contributed by atoms with Crippen molar-refractivity contribution in [1.29, 1.82) is 0 Å². The number of hydrogen-bond acceptors (Lipinski definition) is 5. The molecule has 2 aromatic rings. The molecule has 1 N–H and O–H groups in total. The largest absolute Gasteiger partial charge is 0.508 e. The number of ether oxygens (including phenoxy) is 1. The molecule has 0 saturated carbocycles. The maximum Gasteiger partial charge on any atom is 0.266 e. The van der Waals surface area contributed by atoms with E-state index in [-0.39, 0.29) is 11.7 Å². The molecule has 3 rings (SSSR count). The molecule has 1 fully saturated rings. The van der Waals surface area contributed by atoms with E-state index in [4.69, 9.17) is 4.74 Å². The Labute approximate surface area is 157 Å². The monoisotopic (exact) mass is 368 g/mol. The number of rotatable bonds is 5. The lowest BCUT2D eigenvalue weighted by molar-refractivity contribution is -0.122. The van der Waals surface area contributed by atoms with Gasteiger partial charge >= 0.3 is 0 Å². The number of hydrogen-bond donors (Lipinski definition) is 1. The molecule has 0 bridgehead atoms. The van der Waals surface area contributed by atoms with E-state index in [9.17, 15) is 9.90 Å². The Balaban J connectivity index is 1.90.